The first-order chi connectivity index (χ1) is 7.85. The van der Waals surface area contributed by atoms with Gasteiger partial charge in [-0.15, -0.1) is 11.6 Å². The van der Waals surface area contributed by atoms with Crippen LogP contribution in [0.5, 0.6) is 0 Å². The molecule has 0 heterocycles. The summed E-state index contributed by atoms with van der Waals surface area (Å²) < 4.78 is 25.0. The van der Waals surface area contributed by atoms with E-state index in [-0.39, 0.29) is 27.9 Å². The molecule has 0 radical (unpaired) electrons. The summed E-state index contributed by atoms with van der Waals surface area (Å²) >= 11 is 11.0. The maximum absolute atomic E-state index is 11.4. The second kappa shape index (κ2) is 5.57. The lowest BCUT2D eigenvalue weighted by atomic mass is 10.2. The molecule has 0 saturated heterocycles. The fraction of sp³-hybridized carbons (Fsp3) is 0.222. The third-order valence-corrected chi connectivity index (χ3v) is 3.85. The molecule has 1 aromatic carbocycles. The van der Waals surface area contributed by atoms with Crippen LogP contribution in [0, 0.1) is 0 Å². The van der Waals surface area contributed by atoms with Crippen molar-refractivity contribution in [3.8, 4) is 0 Å². The summed E-state index contributed by atoms with van der Waals surface area (Å²) in [5.74, 6) is -1.53. The number of hydrogen-bond acceptors (Lipinski definition) is 3. The number of sulfonamides is 1. The van der Waals surface area contributed by atoms with Crippen LogP contribution in [0.4, 0.5) is 5.69 Å². The highest BCUT2D eigenvalue weighted by atomic mass is 35.5. The topological polar surface area (TPSA) is 83.5 Å². The van der Waals surface area contributed by atoms with Crippen molar-refractivity contribution in [1.82, 2.24) is 0 Å². The molecule has 5 nitrogen and oxygen atoms in total. The summed E-state index contributed by atoms with van der Waals surface area (Å²) in [5.41, 5.74) is -0.0327. The Balaban J connectivity index is 3.02. The maximum atomic E-state index is 11.4. The van der Waals surface area contributed by atoms with Gasteiger partial charge in [0.15, 0.2) is 0 Å². The van der Waals surface area contributed by atoms with Crippen LogP contribution in [0.3, 0.4) is 0 Å². The quantitative estimate of drug-likeness (QED) is 0.815. The van der Waals surface area contributed by atoms with E-state index < -0.39 is 16.0 Å². The van der Waals surface area contributed by atoms with Gasteiger partial charge in [-0.2, -0.15) is 0 Å². The zero-order valence-corrected chi connectivity index (χ0v) is 10.8. The monoisotopic (exact) mass is 297 g/mol. The van der Waals surface area contributed by atoms with Crippen molar-refractivity contribution < 1.29 is 18.3 Å². The van der Waals surface area contributed by atoms with Crippen LogP contribution in [-0.2, 0) is 10.0 Å². The van der Waals surface area contributed by atoms with E-state index in [1.54, 1.807) is 0 Å². The molecule has 0 saturated carbocycles. The minimum atomic E-state index is -3.56. The molecule has 0 aliphatic heterocycles. The summed E-state index contributed by atoms with van der Waals surface area (Å²) in [7, 11) is -3.56. The highest BCUT2D eigenvalue weighted by molar-refractivity contribution is 7.92. The lowest BCUT2D eigenvalue weighted by molar-refractivity contribution is 0.0697. The van der Waals surface area contributed by atoms with E-state index >= 15 is 0 Å². The van der Waals surface area contributed by atoms with Crippen LogP contribution in [0.2, 0.25) is 5.02 Å². The predicted octanol–water partition coefficient (Wildman–Crippen LogP) is 2.02. The Morgan fingerprint density at radius 3 is 2.59 bits per heavy atom. The number of carboxylic acid groups (broad SMARTS) is 1. The molecule has 17 heavy (non-hydrogen) atoms. The van der Waals surface area contributed by atoms with Gasteiger partial charge >= 0.3 is 5.97 Å². The molecule has 0 atom stereocenters. The van der Waals surface area contributed by atoms with E-state index in [9.17, 15) is 13.2 Å². The molecule has 0 unspecified atom stereocenters. The standard InChI is InChI=1S/C9H9Cl2NO4S/c10-3-4-17(15,16)12-6-1-2-8(11)7(5-6)9(13)14/h1-2,5,12H,3-4H2,(H,13,14). The highest BCUT2D eigenvalue weighted by Crippen LogP contribution is 2.21. The number of halogens is 2. The van der Waals surface area contributed by atoms with Gasteiger partial charge in [-0.05, 0) is 18.2 Å². The first-order valence-electron chi connectivity index (χ1n) is 4.45. The average Bonchev–Trinajstić information content (AvgIpc) is 2.20. The Labute approximate surface area is 108 Å². The number of anilines is 1. The fourth-order valence-corrected chi connectivity index (χ4v) is 2.68. The average molecular weight is 298 g/mol. The molecule has 94 valence electrons. The number of nitrogens with one attached hydrogen (secondary N) is 1. The minimum absolute atomic E-state index is 0.0396. The molecule has 0 aliphatic carbocycles. The minimum Gasteiger partial charge on any atom is -0.478 e. The van der Waals surface area contributed by atoms with Crippen LogP contribution in [0.25, 0.3) is 0 Å². The van der Waals surface area contributed by atoms with Crippen molar-refractivity contribution in [1.29, 1.82) is 0 Å². The number of hydrogen-bond donors (Lipinski definition) is 2. The maximum Gasteiger partial charge on any atom is 0.337 e. The van der Waals surface area contributed by atoms with E-state index in [0.29, 0.717) is 0 Å². The van der Waals surface area contributed by atoms with Crippen molar-refractivity contribution in [2.24, 2.45) is 0 Å². The van der Waals surface area contributed by atoms with Gasteiger partial charge in [0.05, 0.1) is 16.3 Å². The lowest BCUT2D eigenvalue weighted by Crippen LogP contribution is -2.17. The van der Waals surface area contributed by atoms with Gasteiger partial charge in [0.25, 0.3) is 0 Å². The number of carboxylic acids is 1. The third kappa shape index (κ3) is 4.07. The van der Waals surface area contributed by atoms with Gasteiger partial charge in [-0.1, -0.05) is 11.6 Å². The van der Waals surface area contributed by atoms with Crippen molar-refractivity contribution in [3.05, 3.63) is 28.8 Å². The largest absolute Gasteiger partial charge is 0.478 e. The van der Waals surface area contributed by atoms with Crippen LogP contribution < -0.4 is 4.72 Å². The van der Waals surface area contributed by atoms with Gasteiger partial charge < -0.3 is 5.11 Å². The molecule has 1 aromatic rings. The highest BCUT2D eigenvalue weighted by Gasteiger charge is 2.13. The van der Waals surface area contributed by atoms with E-state index in [2.05, 4.69) is 4.72 Å². The van der Waals surface area contributed by atoms with Crippen LogP contribution >= 0.6 is 23.2 Å². The molecule has 0 aromatic heterocycles. The lowest BCUT2D eigenvalue weighted by Gasteiger charge is -2.08. The smallest absolute Gasteiger partial charge is 0.337 e. The molecular formula is C9H9Cl2NO4S. The van der Waals surface area contributed by atoms with Gasteiger partial charge in [0, 0.05) is 11.6 Å². The van der Waals surface area contributed by atoms with Crippen LogP contribution in [0.15, 0.2) is 18.2 Å². The summed E-state index contributed by atoms with van der Waals surface area (Å²) in [6.45, 7) is 0. The van der Waals surface area contributed by atoms with Crippen molar-refractivity contribution in [2.75, 3.05) is 16.4 Å². The van der Waals surface area contributed by atoms with Crippen molar-refractivity contribution in [2.45, 2.75) is 0 Å². The molecule has 2 N–H and O–H groups in total. The molecule has 0 bridgehead atoms. The Morgan fingerprint density at radius 2 is 2.06 bits per heavy atom. The third-order valence-electron chi connectivity index (χ3n) is 1.82. The van der Waals surface area contributed by atoms with Gasteiger partial charge in [0.2, 0.25) is 10.0 Å². The Morgan fingerprint density at radius 1 is 1.41 bits per heavy atom. The number of benzene rings is 1. The predicted molar refractivity (Wildman–Crippen MR) is 66.5 cm³/mol. The number of carbonyl (C=O) groups is 1. The molecule has 0 fully saturated rings. The van der Waals surface area contributed by atoms with Gasteiger partial charge in [0.1, 0.15) is 0 Å². The summed E-state index contributed by atoms with van der Waals surface area (Å²) in [5, 5.41) is 8.85. The Kier molecular flexibility index (Phi) is 4.62. The normalized spacial score (nSPS) is 11.2. The first kappa shape index (κ1) is 14.1. The zero-order chi connectivity index (χ0) is 13.1. The van der Waals surface area contributed by atoms with E-state index in [1.165, 1.54) is 12.1 Å². The van der Waals surface area contributed by atoms with Gasteiger partial charge in [-0.3, -0.25) is 4.72 Å². The second-order valence-electron chi connectivity index (χ2n) is 3.11. The first-order valence-corrected chi connectivity index (χ1v) is 7.01. The Bertz CT molecular complexity index is 530. The molecule has 0 spiro atoms. The molecule has 1 rings (SSSR count). The van der Waals surface area contributed by atoms with Crippen LogP contribution in [-0.4, -0.2) is 31.1 Å². The number of rotatable bonds is 5. The molecule has 8 heteroatoms. The summed E-state index contributed by atoms with van der Waals surface area (Å²) in [6.07, 6.45) is 0. The molecule has 0 amide bonds. The van der Waals surface area contributed by atoms with Crippen molar-refractivity contribution >= 4 is 44.9 Å². The van der Waals surface area contributed by atoms with Crippen LogP contribution in [0.1, 0.15) is 10.4 Å². The van der Waals surface area contributed by atoms with Crippen molar-refractivity contribution in [3.63, 3.8) is 0 Å². The summed E-state index contributed by atoms with van der Waals surface area (Å²) in [6, 6.07) is 3.83. The fourth-order valence-electron chi connectivity index (χ4n) is 1.08. The summed E-state index contributed by atoms with van der Waals surface area (Å²) in [4.78, 5) is 10.8. The van der Waals surface area contributed by atoms with E-state index in [1.807, 2.05) is 0 Å². The molecule has 0 aliphatic rings. The SMILES string of the molecule is O=C(O)c1cc(NS(=O)(=O)CCCl)ccc1Cl. The number of alkyl halides is 1. The Hall–Kier alpha value is -0.980. The second-order valence-corrected chi connectivity index (χ2v) is 5.74. The number of aromatic carboxylic acids is 1. The molecular weight excluding hydrogens is 289 g/mol. The van der Waals surface area contributed by atoms with E-state index in [4.69, 9.17) is 28.3 Å². The zero-order valence-electron chi connectivity index (χ0n) is 8.48. The van der Waals surface area contributed by atoms with E-state index in [0.717, 1.165) is 6.07 Å². The van der Waals surface area contributed by atoms with Gasteiger partial charge in [-0.25, -0.2) is 13.2 Å².